The van der Waals surface area contributed by atoms with Crippen molar-refractivity contribution in [1.29, 1.82) is 0 Å². The highest BCUT2D eigenvalue weighted by molar-refractivity contribution is 8.01. The second-order valence-electron chi connectivity index (χ2n) is 11.0. The quantitative estimate of drug-likeness (QED) is 0.443. The molecule has 0 radical (unpaired) electrons. The molecule has 1 saturated carbocycles. The lowest BCUT2D eigenvalue weighted by Gasteiger charge is -2.54. The van der Waals surface area contributed by atoms with Crippen LogP contribution in [-0.2, 0) is 28.1 Å². The minimum absolute atomic E-state index is 0.0468. The van der Waals surface area contributed by atoms with Crippen molar-refractivity contribution in [3.05, 3.63) is 59.2 Å². The minimum Gasteiger partial charge on any atom is -0.493 e. The van der Waals surface area contributed by atoms with Gasteiger partial charge in [0.1, 0.15) is 6.61 Å². The van der Waals surface area contributed by atoms with Crippen LogP contribution < -0.4 is 9.47 Å². The Bertz CT molecular complexity index is 1110. The monoisotopic (exact) mass is 509 g/mol. The molecule has 194 valence electrons. The summed E-state index contributed by atoms with van der Waals surface area (Å²) in [5, 5.41) is 0. The third kappa shape index (κ3) is 4.01. The van der Waals surface area contributed by atoms with Crippen molar-refractivity contribution >= 4 is 17.7 Å². The van der Waals surface area contributed by atoms with Crippen molar-refractivity contribution in [2.75, 3.05) is 26.5 Å². The standard InChI is InChI=1S/C30H39NO4S/c1-20(2)24-12-11-21(3)30(17-24)31-14-13-23-15-27(35-18-22-9-7-6-8-10-22)26(33-4)16-25(23)29(31,19-36-30)28(32)34-5/h6-10,15-16,20-21,24H,11-14,17-19H2,1-5H3/t21-,24-,29-,30+/m1/s1. The summed E-state index contributed by atoms with van der Waals surface area (Å²) in [4.78, 5) is 16.2. The van der Waals surface area contributed by atoms with Gasteiger partial charge in [-0.1, -0.05) is 51.1 Å². The van der Waals surface area contributed by atoms with Crippen molar-refractivity contribution in [2.24, 2.45) is 17.8 Å². The second-order valence-corrected chi connectivity index (χ2v) is 12.3. The highest BCUT2D eigenvalue weighted by atomic mass is 32.2. The highest BCUT2D eigenvalue weighted by Gasteiger charge is 2.65. The van der Waals surface area contributed by atoms with Gasteiger partial charge in [0.05, 0.1) is 19.1 Å². The number of hydrogen-bond acceptors (Lipinski definition) is 6. The Balaban J connectivity index is 1.55. The molecule has 0 aromatic heterocycles. The van der Waals surface area contributed by atoms with E-state index < -0.39 is 5.54 Å². The fraction of sp³-hybridized carbons (Fsp3) is 0.567. The first kappa shape index (κ1) is 25.5. The number of rotatable bonds is 6. The van der Waals surface area contributed by atoms with Gasteiger partial charge in [0.2, 0.25) is 0 Å². The van der Waals surface area contributed by atoms with Crippen LogP contribution in [0.3, 0.4) is 0 Å². The van der Waals surface area contributed by atoms with Crippen LogP contribution >= 0.6 is 11.8 Å². The maximum Gasteiger partial charge on any atom is 0.331 e. The molecule has 2 aromatic carbocycles. The zero-order valence-electron chi connectivity index (χ0n) is 22.2. The van der Waals surface area contributed by atoms with E-state index >= 15 is 0 Å². The Hall–Kier alpha value is -2.18. The summed E-state index contributed by atoms with van der Waals surface area (Å²) in [5.74, 6) is 3.76. The molecule has 0 bridgehead atoms. The van der Waals surface area contributed by atoms with Crippen molar-refractivity contribution < 1.29 is 19.0 Å². The number of ether oxygens (including phenoxy) is 3. The van der Waals surface area contributed by atoms with Crippen LogP contribution in [0.4, 0.5) is 0 Å². The minimum atomic E-state index is -0.800. The molecule has 6 heteroatoms. The molecule has 5 rings (SSSR count). The average Bonchev–Trinajstić information content (AvgIpc) is 3.24. The number of methoxy groups -OCH3 is 2. The molecule has 1 spiro atoms. The normalized spacial score (nSPS) is 29.6. The molecule has 5 nitrogen and oxygen atoms in total. The smallest absolute Gasteiger partial charge is 0.331 e. The lowest BCUT2D eigenvalue weighted by Crippen LogP contribution is -2.63. The molecule has 3 aliphatic rings. The summed E-state index contributed by atoms with van der Waals surface area (Å²) in [6.07, 6.45) is 4.47. The molecule has 2 fully saturated rings. The van der Waals surface area contributed by atoms with Crippen molar-refractivity contribution in [3.8, 4) is 11.5 Å². The van der Waals surface area contributed by atoms with E-state index in [0.717, 1.165) is 41.8 Å². The average molecular weight is 510 g/mol. The van der Waals surface area contributed by atoms with E-state index in [1.54, 1.807) is 7.11 Å². The molecule has 1 aliphatic carbocycles. The van der Waals surface area contributed by atoms with E-state index in [2.05, 4.69) is 43.9 Å². The van der Waals surface area contributed by atoms with Crippen LogP contribution in [0.5, 0.6) is 11.5 Å². The van der Waals surface area contributed by atoms with Crippen molar-refractivity contribution in [1.82, 2.24) is 4.90 Å². The Labute approximate surface area is 219 Å². The SMILES string of the molecule is COC(=O)[C@]12CS[C@]3(C[C@H](C(C)C)CC[C@H]3C)N1CCc1cc(OCc3ccccc3)c(OC)cc12. The first-order valence-electron chi connectivity index (χ1n) is 13.2. The van der Waals surface area contributed by atoms with Crippen LogP contribution in [-0.4, -0.2) is 42.3 Å². The van der Waals surface area contributed by atoms with Gasteiger partial charge < -0.3 is 14.2 Å². The van der Waals surface area contributed by atoms with E-state index in [1.165, 1.54) is 20.0 Å². The largest absolute Gasteiger partial charge is 0.493 e. The van der Waals surface area contributed by atoms with Gasteiger partial charge in [0, 0.05) is 12.3 Å². The third-order valence-electron chi connectivity index (χ3n) is 8.89. The van der Waals surface area contributed by atoms with Crippen molar-refractivity contribution in [3.63, 3.8) is 0 Å². The summed E-state index contributed by atoms with van der Waals surface area (Å²) >= 11 is 1.98. The van der Waals surface area contributed by atoms with Crippen LogP contribution in [0.15, 0.2) is 42.5 Å². The maximum absolute atomic E-state index is 13.7. The maximum atomic E-state index is 13.7. The highest BCUT2D eigenvalue weighted by Crippen LogP contribution is 2.62. The van der Waals surface area contributed by atoms with Crippen LogP contribution in [0.25, 0.3) is 0 Å². The summed E-state index contributed by atoms with van der Waals surface area (Å²) in [5.41, 5.74) is 2.48. The van der Waals surface area contributed by atoms with Crippen LogP contribution in [0.1, 0.15) is 56.7 Å². The molecule has 36 heavy (non-hydrogen) atoms. The number of benzene rings is 2. The van der Waals surface area contributed by atoms with E-state index in [4.69, 9.17) is 14.2 Å². The molecule has 0 unspecified atom stereocenters. The number of hydrogen-bond donors (Lipinski definition) is 0. The predicted molar refractivity (Wildman–Crippen MR) is 144 cm³/mol. The summed E-state index contributed by atoms with van der Waals surface area (Å²) in [7, 11) is 3.19. The molecule has 0 amide bonds. The van der Waals surface area contributed by atoms with Crippen molar-refractivity contribution in [2.45, 2.75) is 63.5 Å². The van der Waals surface area contributed by atoms with Gasteiger partial charge in [-0.05, 0) is 72.3 Å². The number of fused-ring (bicyclic) bond motifs is 4. The molecule has 2 aromatic rings. The van der Waals surface area contributed by atoms with E-state index in [1.807, 2.05) is 36.0 Å². The Kier molecular flexibility index (Phi) is 7.03. The molecular weight excluding hydrogens is 470 g/mol. The Morgan fingerprint density at radius 1 is 1.14 bits per heavy atom. The van der Waals surface area contributed by atoms with E-state index in [9.17, 15) is 4.79 Å². The molecule has 2 aliphatic heterocycles. The number of carbonyl (C=O) groups excluding carboxylic acids is 1. The lowest BCUT2D eigenvalue weighted by molar-refractivity contribution is -0.159. The number of thioether (sulfide) groups is 1. The number of esters is 1. The number of nitrogens with zero attached hydrogens (tertiary/aromatic N) is 1. The fourth-order valence-corrected chi connectivity index (χ4v) is 8.73. The first-order chi connectivity index (χ1) is 17.4. The predicted octanol–water partition coefficient (Wildman–Crippen LogP) is 6.04. The second kappa shape index (κ2) is 9.94. The Morgan fingerprint density at radius 2 is 1.92 bits per heavy atom. The first-order valence-corrected chi connectivity index (χ1v) is 14.2. The van der Waals surface area contributed by atoms with Crippen LogP contribution in [0.2, 0.25) is 0 Å². The zero-order valence-corrected chi connectivity index (χ0v) is 23.0. The van der Waals surface area contributed by atoms with Gasteiger partial charge in [-0.15, -0.1) is 11.8 Å². The topological polar surface area (TPSA) is 48.0 Å². The van der Waals surface area contributed by atoms with Gasteiger partial charge in [-0.3, -0.25) is 4.90 Å². The molecule has 1 saturated heterocycles. The molecule has 4 atom stereocenters. The summed E-state index contributed by atoms with van der Waals surface area (Å²) in [6.45, 7) is 8.38. The van der Waals surface area contributed by atoms with Gasteiger partial charge >= 0.3 is 5.97 Å². The molecule has 2 heterocycles. The number of carbonyl (C=O) groups is 1. The lowest BCUT2D eigenvalue weighted by atomic mass is 9.71. The summed E-state index contributed by atoms with van der Waals surface area (Å²) < 4.78 is 17.6. The molecular formula is C30H39NO4S. The van der Waals surface area contributed by atoms with Crippen LogP contribution in [0, 0.1) is 17.8 Å². The fourth-order valence-electron chi connectivity index (χ4n) is 6.71. The van der Waals surface area contributed by atoms with Gasteiger partial charge in [0.15, 0.2) is 17.0 Å². The van der Waals surface area contributed by atoms with Gasteiger partial charge in [0.25, 0.3) is 0 Å². The zero-order chi connectivity index (χ0) is 25.5. The van der Waals surface area contributed by atoms with E-state index in [0.29, 0.717) is 35.9 Å². The van der Waals surface area contributed by atoms with Gasteiger partial charge in [-0.2, -0.15) is 0 Å². The summed E-state index contributed by atoms with van der Waals surface area (Å²) in [6, 6.07) is 14.3. The van der Waals surface area contributed by atoms with Gasteiger partial charge in [-0.25, -0.2) is 4.79 Å². The molecule has 0 N–H and O–H groups in total. The Morgan fingerprint density at radius 3 is 2.61 bits per heavy atom. The van der Waals surface area contributed by atoms with E-state index in [-0.39, 0.29) is 10.8 Å². The third-order valence-corrected chi connectivity index (χ3v) is 10.7.